The van der Waals surface area contributed by atoms with Gasteiger partial charge in [0, 0.05) is 16.3 Å². The lowest BCUT2D eigenvalue weighted by Crippen LogP contribution is -2.27. The predicted molar refractivity (Wildman–Crippen MR) is 139 cm³/mol. The van der Waals surface area contributed by atoms with Crippen molar-refractivity contribution in [3.05, 3.63) is 66.4 Å². The van der Waals surface area contributed by atoms with Crippen LogP contribution in [0.4, 0.5) is 10.5 Å². The van der Waals surface area contributed by atoms with Crippen molar-refractivity contribution in [3.8, 4) is 22.9 Å². The lowest BCUT2D eigenvalue weighted by atomic mass is 9.98. The number of nitrogens with zero attached hydrogens (tertiary/aromatic N) is 3. The number of nitriles is 1. The van der Waals surface area contributed by atoms with Gasteiger partial charge in [0.05, 0.1) is 36.6 Å². The number of rotatable bonds is 5. The Morgan fingerprint density at radius 2 is 1.77 bits per heavy atom. The Bertz CT molecular complexity index is 1500. The molecule has 1 heterocycles. The molecule has 0 aliphatic rings. The van der Waals surface area contributed by atoms with Crippen LogP contribution in [0.1, 0.15) is 26.5 Å². The Morgan fingerprint density at radius 3 is 2.43 bits per heavy atom. The fourth-order valence-electron chi connectivity index (χ4n) is 4.04. The zero-order chi connectivity index (χ0) is 25.3. The monoisotopic (exact) mass is 468 g/mol. The molecule has 0 saturated heterocycles. The van der Waals surface area contributed by atoms with Gasteiger partial charge in [-0.25, -0.2) is 4.79 Å². The number of carbonyl (C=O) groups is 1. The molecule has 0 atom stereocenters. The predicted octanol–water partition coefficient (Wildman–Crippen LogP) is 6.60. The average Bonchev–Trinajstić information content (AvgIpc) is 3.12. The van der Waals surface area contributed by atoms with Gasteiger partial charge in [-0.05, 0) is 68.5 Å². The minimum absolute atomic E-state index is 0.357. The largest absolute Gasteiger partial charge is 0.495 e. The van der Waals surface area contributed by atoms with E-state index in [2.05, 4.69) is 29.1 Å². The first-order chi connectivity index (χ1) is 16.6. The van der Waals surface area contributed by atoms with Gasteiger partial charge in [0.1, 0.15) is 11.4 Å². The van der Waals surface area contributed by atoms with Crippen LogP contribution in [-0.4, -0.2) is 28.6 Å². The van der Waals surface area contributed by atoms with Gasteiger partial charge in [-0.1, -0.05) is 30.8 Å². The van der Waals surface area contributed by atoms with E-state index in [1.807, 2.05) is 70.2 Å². The van der Waals surface area contributed by atoms with E-state index in [-0.39, 0.29) is 0 Å². The number of nitrogens with one attached hydrogen (secondary N) is 1. The van der Waals surface area contributed by atoms with Gasteiger partial charge >= 0.3 is 6.09 Å². The summed E-state index contributed by atoms with van der Waals surface area (Å²) >= 11 is 0. The molecule has 4 aromatic rings. The minimum atomic E-state index is -0.621. The molecule has 178 valence electrons. The van der Waals surface area contributed by atoms with E-state index >= 15 is 0 Å². The van der Waals surface area contributed by atoms with Crippen LogP contribution in [0.3, 0.4) is 0 Å². The number of hydrogen-bond donors (Lipinski definition) is 1. The summed E-state index contributed by atoms with van der Waals surface area (Å²) in [6.07, 6.45) is -0.544. The number of anilines is 1. The average molecular weight is 469 g/mol. The van der Waals surface area contributed by atoms with Crippen molar-refractivity contribution in [1.82, 2.24) is 9.78 Å². The van der Waals surface area contributed by atoms with Crippen molar-refractivity contribution < 1.29 is 14.3 Å². The van der Waals surface area contributed by atoms with Crippen molar-refractivity contribution in [2.45, 2.75) is 39.8 Å². The van der Waals surface area contributed by atoms with Gasteiger partial charge in [-0.2, -0.15) is 10.4 Å². The second-order valence-electron chi connectivity index (χ2n) is 9.40. The molecule has 0 spiro atoms. The fraction of sp³-hybridized carbons (Fsp3) is 0.250. The van der Waals surface area contributed by atoms with Gasteiger partial charge < -0.3 is 9.47 Å². The van der Waals surface area contributed by atoms with Crippen molar-refractivity contribution in [1.29, 1.82) is 5.26 Å². The van der Waals surface area contributed by atoms with Crippen LogP contribution in [0.2, 0.25) is 0 Å². The summed E-state index contributed by atoms with van der Waals surface area (Å²) in [5.74, 6) is 0.547. The van der Waals surface area contributed by atoms with Crippen LogP contribution in [0, 0.1) is 18.3 Å². The van der Waals surface area contributed by atoms with E-state index in [0.29, 0.717) is 23.6 Å². The third kappa shape index (κ3) is 4.97. The maximum Gasteiger partial charge on any atom is 0.412 e. The highest BCUT2D eigenvalue weighted by atomic mass is 16.6. The molecular weight excluding hydrogens is 440 g/mol. The van der Waals surface area contributed by atoms with E-state index in [1.165, 1.54) is 0 Å². The highest BCUT2D eigenvalue weighted by molar-refractivity contribution is 6.04. The van der Waals surface area contributed by atoms with Gasteiger partial charge in [-0.3, -0.25) is 10.00 Å². The van der Waals surface area contributed by atoms with Gasteiger partial charge in [0.25, 0.3) is 0 Å². The highest BCUT2D eigenvalue weighted by Crippen LogP contribution is 2.37. The molecule has 1 aromatic heterocycles. The van der Waals surface area contributed by atoms with E-state index in [1.54, 1.807) is 11.8 Å². The molecule has 0 saturated carbocycles. The molecule has 3 aromatic carbocycles. The molecule has 7 heteroatoms. The molecule has 0 radical (unpaired) electrons. The number of hydrogen-bond acceptors (Lipinski definition) is 5. The Kier molecular flexibility index (Phi) is 6.23. The maximum atomic E-state index is 12.6. The number of benzene rings is 3. The number of methoxy groups -OCH3 is 1. The topological polar surface area (TPSA) is 89.2 Å². The van der Waals surface area contributed by atoms with Crippen molar-refractivity contribution in [3.63, 3.8) is 0 Å². The van der Waals surface area contributed by atoms with Crippen LogP contribution in [0.25, 0.3) is 32.8 Å². The molecule has 1 amide bonds. The molecule has 0 aliphatic heterocycles. The lowest BCUT2D eigenvalue weighted by Gasteiger charge is -2.21. The van der Waals surface area contributed by atoms with Crippen LogP contribution in [0.5, 0.6) is 5.75 Å². The summed E-state index contributed by atoms with van der Waals surface area (Å²) in [7, 11) is 1.57. The number of aryl methyl sites for hydroxylation is 1. The van der Waals surface area contributed by atoms with Gasteiger partial charge in [-0.15, -0.1) is 0 Å². The molecule has 4 rings (SSSR count). The normalized spacial score (nSPS) is 11.3. The second kappa shape index (κ2) is 9.15. The first-order valence-corrected chi connectivity index (χ1v) is 11.3. The molecule has 0 aliphatic carbocycles. The zero-order valence-electron chi connectivity index (χ0n) is 20.6. The van der Waals surface area contributed by atoms with Crippen LogP contribution < -0.4 is 10.1 Å². The second-order valence-corrected chi connectivity index (χ2v) is 9.40. The number of ether oxygens (including phenoxy) is 2. The smallest absolute Gasteiger partial charge is 0.412 e. The summed E-state index contributed by atoms with van der Waals surface area (Å²) in [4.78, 5) is 12.6. The quantitative estimate of drug-likeness (QED) is 0.333. The van der Waals surface area contributed by atoms with Crippen LogP contribution >= 0.6 is 0 Å². The summed E-state index contributed by atoms with van der Waals surface area (Å²) in [6, 6.07) is 18.1. The molecule has 0 unspecified atom stereocenters. The van der Waals surface area contributed by atoms with E-state index < -0.39 is 11.7 Å². The summed E-state index contributed by atoms with van der Waals surface area (Å²) in [5.41, 5.74) is 4.19. The minimum Gasteiger partial charge on any atom is -0.495 e. The molecular formula is C28H28N4O3. The number of fused-ring (bicyclic) bond motifs is 2. The molecule has 35 heavy (non-hydrogen) atoms. The number of carbonyl (C=O) groups excluding carboxylic acids is 1. The summed E-state index contributed by atoms with van der Waals surface area (Å²) < 4.78 is 12.8. The third-order valence-electron chi connectivity index (χ3n) is 5.60. The first kappa shape index (κ1) is 23.8. The number of allylic oxidation sites excluding steroid dienone is 1. The van der Waals surface area contributed by atoms with Gasteiger partial charge in [0.15, 0.2) is 0 Å². The molecule has 7 nitrogen and oxygen atoms in total. The Labute approximate surface area is 204 Å². The Balaban J connectivity index is 1.79. The van der Waals surface area contributed by atoms with Gasteiger partial charge in [0.2, 0.25) is 0 Å². The fourth-order valence-corrected chi connectivity index (χ4v) is 4.04. The Hall–Kier alpha value is -4.31. The molecule has 0 fully saturated rings. The summed E-state index contributed by atoms with van der Waals surface area (Å²) in [6.45, 7) is 11.5. The van der Waals surface area contributed by atoms with Crippen molar-refractivity contribution >= 4 is 33.5 Å². The van der Waals surface area contributed by atoms with E-state index in [9.17, 15) is 4.79 Å². The molecule has 1 N–H and O–H groups in total. The zero-order valence-corrected chi connectivity index (χ0v) is 20.6. The maximum absolute atomic E-state index is 12.6. The highest BCUT2D eigenvalue weighted by Gasteiger charge is 2.19. The van der Waals surface area contributed by atoms with Crippen LogP contribution in [-0.2, 0) is 11.3 Å². The SMILES string of the molecule is C=C(C#N)Cn1nc(C)c2cc(-c3ccc4ccc(OC)c(NC(=O)OC(C)(C)C)c4c3)ccc21. The van der Waals surface area contributed by atoms with E-state index in [4.69, 9.17) is 14.7 Å². The van der Waals surface area contributed by atoms with Crippen LogP contribution in [0.15, 0.2) is 60.7 Å². The van der Waals surface area contributed by atoms with Crippen molar-refractivity contribution in [2.75, 3.05) is 12.4 Å². The lowest BCUT2D eigenvalue weighted by molar-refractivity contribution is 0.0635. The van der Waals surface area contributed by atoms with E-state index in [0.717, 1.165) is 38.5 Å². The standard InChI is InChI=1S/C28H28N4O3/c1-17(15-29)16-32-24-11-9-21(13-22(24)18(2)31-32)20-8-7-19-10-12-25(34-6)26(23(19)14-20)30-27(33)35-28(3,4)5/h7-14H,1,16H2,2-6H3,(H,30,33). The first-order valence-electron chi connectivity index (χ1n) is 11.3. The number of aromatic nitrogens is 2. The molecule has 0 bridgehead atoms. The summed E-state index contributed by atoms with van der Waals surface area (Å²) in [5, 5.41) is 19.4. The Morgan fingerprint density at radius 1 is 1.11 bits per heavy atom. The van der Waals surface area contributed by atoms with Crippen molar-refractivity contribution in [2.24, 2.45) is 0 Å². The number of amides is 1. The third-order valence-corrected chi connectivity index (χ3v) is 5.60.